The van der Waals surface area contributed by atoms with E-state index in [0.29, 0.717) is 0 Å². The van der Waals surface area contributed by atoms with Gasteiger partial charge in [-0.1, -0.05) is 20.8 Å². The van der Waals surface area contributed by atoms with Gasteiger partial charge in [0.15, 0.2) is 0 Å². The Morgan fingerprint density at radius 1 is 1.11 bits per heavy atom. The molecule has 0 aromatic heterocycles. The smallest absolute Gasteiger partial charge is 0.407 e. The van der Waals surface area contributed by atoms with Gasteiger partial charge in [-0.15, -0.1) is 0 Å². The predicted octanol–water partition coefficient (Wildman–Crippen LogP) is 2.82. The van der Waals surface area contributed by atoms with Crippen LogP contribution in [0.25, 0.3) is 0 Å². The zero-order valence-corrected chi connectivity index (χ0v) is 12.2. The van der Waals surface area contributed by atoms with Gasteiger partial charge in [-0.2, -0.15) is 13.2 Å². The largest absolute Gasteiger partial charge is 0.444 e. The molecule has 0 saturated heterocycles. The molecule has 0 fully saturated rings. The number of hydrogen-bond acceptors (Lipinski definition) is 3. The normalized spacial score (nSPS) is 16.7. The van der Waals surface area contributed by atoms with Crippen molar-refractivity contribution in [3.8, 4) is 0 Å². The van der Waals surface area contributed by atoms with E-state index in [1.165, 1.54) is 0 Å². The molecule has 0 rings (SSSR count). The molecule has 3 N–H and O–H groups in total. The Morgan fingerprint density at radius 3 is 1.79 bits per heavy atom. The third-order valence-electron chi connectivity index (χ3n) is 2.34. The fourth-order valence-corrected chi connectivity index (χ4v) is 1.47. The molecule has 0 heterocycles. The predicted molar refractivity (Wildman–Crippen MR) is 66.6 cm³/mol. The van der Waals surface area contributed by atoms with E-state index in [2.05, 4.69) is 5.32 Å². The summed E-state index contributed by atoms with van der Waals surface area (Å²) in [5.41, 5.74) is 3.56. The minimum atomic E-state index is -4.59. The standard InChI is InChI=1S/C12H23F3N2O2/c1-10(2,3)8(7(16)12(13,14)15)17-9(18)19-11(4,5)6/h7-8H,16H2,1-6H3,(H,17,18). The molecule has 0 aliphatic heterocycles. The summed E-state index contributed by atoms with van der Waals surface area (Å²) in [6.07, 6.45) is -5.50. The van der Waals surface area contributed by atoms with E-state index in [1.54, 1.807) is 41.5 Å². The van der Waals surface area contributed by atoms with Gasteiger partial charge >= 0.3 is 12.3 Å². The van der Waals surface area contributed by atoms with Crippen LogP contribution in [0, 0.1) is 5.41 Å². The van der Waals surface area contributed by atoms with Crippen LogP contribution in [0.4, 0.5) is 18.0 Å². The Hall–Kier alpha value is -0.980. The number of nitrogens with two attached hydrogens (primary N) is 1. The molecule has 1 amide bonds. The lowest BCUT2D eigenvalue weighted by molar-refractivity contribution is -0.159. The molecule has 0 spiro atoms. The lowest BCUT2D eigenvalue weighted by atomic mass is 9.82. The number of carbonyl (C=O) groups excluding carboxylic acids is 1. The summed E-state index contributed by atoms with van der Waals surface area (Å²) in [5, 5.41) is 2.21. The second-order valence-corrected chi connectivity index (χ2v) is 6.56. The van der Waals surface area contributed by atoms with Gasteiger partial charge in [-0.3, -0.25) is 0 Å². The fourth-order valence-electron chi connectivity index (χ4n) is 1.47. The minimum absolute atomic E-state index is 0.783. The van der Waals surface area contributed by atoms with Crippen molar-refractivity contribution < 1.29 is 22.7 Å². The molecule has 0 saturated carbocycles. The van der Waals surface area contributed by atoms with Crippen LogP contribution < -0.4 is 11.1 Å². The Balaban J connectivity index is 4.97. The van der Waals surface area contributed by atoms with E-state index in [4.69, 9.17) is 10.5 Å². The Labute approximate surface area is 111 Å². The van der Waals surface area contributed by atoms with Crippen molar-refractivity contribution in [2.75, 3.05) is 0 Å². The maximum atomic E-state index is 12.7. The highest BCUT2D eigenvalue weighted by molar-refractivity contribution is 5.68. The molecule has 2 atom stereocenters. The highest BCUT2D eigenvalue weighted by Crippen LogP contribution is 2.30. The molecule has 0 aliphatic rings. The molecule has 114 valence electrons. The Kier molecular flexibility index (Phi) is 5.28. The second-order valence-electron chi connectivity index (χ2n) is 6.56. The summed E-state index contributed by atoms with van der Waals surface area (Å²) in [6, 6.07) is -3.43. The third kappa shape index (κ3) is 6.66. The molecule has 7 heteroatoms. The number of carbonyl (C=O) groups is 1. The van der Waals surface area contributed by atoms with Crippen molar-refractivity contribution in [3.63, 3.8) is 0 Å². The van der Waals surface area contributed by atoms with E-state index in [0.717, 1.165) is 0 Å². The molecule has 4 nitrogen and oxygen atoms in total. The Bertz CT molecular complexity index is 316. The summed E-state index contributed by atoms with van der Waals surface area (Å²) < 4.78 is 43.1. The maximum absolute atomic E-state index is 12.7. The average Bonchev–Trinajstić information content (AvgIpc) is 2.06. The van der Waals surface area contributed by atoms with Crippen LogP contribution in [-0.2, 0) is 4.74 Å². The first kappa shape index (κ1) is 18.0. The first-order chi connectivity index (χ1) is 8.14. The van der Waals surface area contributed by atoms with Gasteiger partial charge in [0.05, 0.1) is 6.04 Å². The van der Waals surface area contributed by atoms with E-state index in [1.807, 2.05) is 0 Å². The van der Waals surface area contributed by atoms with Crippen LogP contribution in [0.1, 0.15) is 41.5 Å². The quantitative estimate of drug-likeness (QED) is 0.819. The number of ether oxygens (including phenoxy) is 1. The van der Waals surface area contributed by atoms with Crippen molar-refractivity contribution in [1.29, 1.82) is 0 Å². The number of rotatable bonds is 2. The van der Waals surface area contributed by atoms with Crippen LogP contribution in [0.5, 0.6) is 0 Å². The van der Waals surface area contributed by atoms with Gasteiger partial charge in [0.2, 0.25) is 0 Å². The maximum Gasteiger partial charge on any atom is 0.407 e. The lowest BCUT2D eigenvalue weighted by Crippen LogP contribution is -2.60. The number of alkyl halides is 3. The zero-order chi connectivity index (χ0) is 15.6. The van der Waals surface area contributed by atoms with Crippen LogP contribution >= 0.6 is 0 Å². The third-order valence-corrected chi connectivity index (χ3v) is 2.34. The van der Waals surface area contributed by atoms with Gasteiger partial charge in [-0.05, 0) is 26.2 Å². The van der Waals surface area contributed by atoms with E-state index >= 15 is 0 Å². The molecule has 0 aromatic carbocycles. The van der Waals surface area contributed by atoms with Gasteiger partial charge in [0.1, 0.15) is 11.6 Å². The van der Waals surface area contributed by atoms with Crippen LogP contribution in [0.2, 0.25) is 0 Å². The van der Waals surface area contributed by atoms with Crippen molar-refractivity contribution in [2.45, 2.75) is 65.4 Å². The number of amides is 1. The molecule has 0 radical (unpaired) electrons. The number of alkyl carbamates (subject to hydrolysis) is 1. The number of nitrogens with one attached hydrogen (secondary N) is 1. The second kappa shape index (κ2) is 5.56. The Morgan fingerprint density at radius 2 is 1.53 bits per heavy atom. The number of halogens is 3. The van der Waals surface area contributed by atoms with E-state index in [-0.39, 0.29) is 0 Å². The van der Waals surface area contributed by atoms with Crippen LogP contribution in [0.15, 0.2) is 0 Å². The molecule has 0 aromatic rings. The monoisotopic (exact) mass is 284 g/mol. The SMILES string of the molecule is CC(C)(C)OC(=O)NC(C(N)C(F)(F)F)C(C)(C)C. The first-order valence-electron chi connectivity index (χ1n) is 5.96. The average molecular weight is 284 g/mol. The summed E-state index contributed by atoms with van der Waals surface area (Å²) in [4.78, 5) is 11.6. The van der Waals surface area contributed by atoms with E-state index < -0.39 is 35.4 Å². The molecular weight excluding hydrogens is 261 g/mol. The number of hydrogen-bond donors (Lipinski definition) is 2. The highest BCUT2D eigenvalue weighted by Gasteiger charge is 2.47. The van der Waals surface area contributed by atoms with Gasteiger partial charge in [0.25, 0.3) is 0 Å². The summed E-state index contributed by atoms with van der Waals surface area (Å²) >= 11 is 0. The van der Waals surface area contributed by atoms with Crippen molar-refractivity contribution in [3.05, 3.63) is 0 Å². The zero-order valence-electron chi connectivity index (χ0n) is 12.2. The summed E-state index contributed by atoms with van der Waals surface area (Å²) in [7, 11) is 0. The van der Waals surface area contributed by atoms with E-state index in [9.17, 15) is 18.0 Å². The molecule has 0 bridgehead atoms. The topological polar surface area (TPSA) is 64.3 Å². The van der Waals surface area contributed by atoms with Crippen LogP contribution in [-0.4, -0.2) is 30.0 Å². The first-order valence-corrected chi connectivity index (χ1v) is 5.96. The van der Waals surface area contributed by atoms with Crippen molar-refractivity contribution >= 4 is 6.09 Å². The molecule has 19 heavy (non-hydrogen) atoms. The molecule has 2 unspecified atom stereocenters. The molecule has 0 aliphatic carbocycles. The van der Waals surface area contributed by atoms with Crippen molar-refractivity contribution in [1.82, 2.24) is 5.32 Å². The summed E-state index contributed by atoms with van der Waals surface area (Å²) in [5.74, 6) is 0. The summed E-state index contributed by atoms with van der Waals surface area (Å²) in [6.45, 7) is 9.59. The van der Waals surface area contributed by atoms with Crippen LogP contribution in [0.3, 0.4) is 0 Å². The minimum Gasteiger partial charge on any atom is -0.444 e. The van der Waals surface area contributed by atoms with Gasteiger partial charge < -0.3 is 15.8 Å². The molecular formula is C12H23F3N2O2. The highest BCUT2D eigenvalue weighted by atomic mass is 19.4. The lowest BCUT2D eigenvalue weighted by Gasteiger charge is -2.36. The fraction of sp³-hybridized carbons (Fsp3) is 0.917. The van der Waals surface area contributed by atoms with Crippen molar-refractivity contribution in [2.24, 2.45) is 11.1 Å². The van der Waals surface area contributed by atoms with Gasteiger partial charge in [0, 0.05) is 0 Å². The van der Waals surface area contributed by atoms with Gasteiger partial charge in [-0.25, -0.2) is 4.79 Å².